The summed E-state index contributed by atoms with van der Waals surface area (Å²) in [7, 11) is 0. The summed E-state index contributed by atoms with van der Waals surface area (Å²) in [5.41, 5.74) is 0.399. The van der Waals surface area contributed by atoms with Gasteiger partial charge in [-0.3, -0.25) is 9.89 Å². The number of aromatic amines is 1. The Bertz CT molecular complexity index is 541. The molecule has 100 valence electrons. The third-order valence-corrected chi connectivity index (χ3v) is 2.49. The van der Waals surface area contributed by atoms with Crippen LogP contribution in [0.2, 0.25) is 0 Å². The first-order valence-electron chi connectivity index (χ1n) is 5.96. The Labute approximate surface area is 110 Å². The van der Waals surface area contributed by atoms with E-state index in [4.69, 9.17) is 4.74 Å². The highest BCUT2D eigenvalue weighted by atomic mass is 16.5. The number of carbonyl (C=O) groups is 1. The number of hydrogen-bond acceptors (Lipinski definition) is 5. The Balaban J connectivity index is 2.11. The van der Waals surface area contributed by atoms with Gasteiger partial charge in [-0.2, -0.15) is 5.10 Å². The van der Waals surface area contributed by atoms with Crippen molar-refractivity contribution in [3.63, 3.8) is 0 Å². The minimum absolute atomic E-state index is 0.263. The summed E-state index contributed by atoms with van der Waals surface area (Å²) < 4.78 is 5.32. The van der Waals surface area contributed by atoms with Crippen LogP contribution in [0.15, 0.2) is 24.7 Å². The largest absolute Gasteiger partial charge is 0.477 e. The minimum atomic E-state index is -0.273. The average molecular weight is 261 g/mol. The van der Waals surface area contributed by atoms with Gasteiger partial charge in [-0.25, -0.2) is 9.97 Å². The maximum Gasteiger partial charge on any atom is 0.257 e. The van der Waals surface area contributed by atoms with Gasteiger partial charge in [-0.15, -0.1) is 0 Å². The van der Waals surface area contributed by atoms with Gasteiger partial charge in [-0.1, -0.05) is 0 Å². The van der Waals surface area contributed by atoms with Gasteiger partial charge in [0.1, 0.15) is 17.7 Å². The van der Waals surface area contributed by atoms with Crippen molar-refractivity contribution in [2.24, 2.45) is 0 Å². The molecule has 0 bridgehead atoms. The van der Waals surface area contributed by atoms with Crippen LogP contribution in [0.4, 0.5) is 0 Å². The van der Waals surface area contributed by atoms with Crippen molar-refractivity contribution < 1.29 is 9.53 Å². The fourth-order valence-electron chi connectivity index (χ4n) is 1.58. The summed E-state index contributed by atoms with van der Waals surface area (Å²) >= 11 is 0. The molecule has 19 heavy (non-hydrogen) atoms. The molecule has 0 saturated heterocycles. The highest BCUT2D eigenvalue weighted by Gasteiger charge is 2.17. The summed E-state index contributed by atoms with van der Waals surface area (Å²) in [6, 6.07) is 3.08. The van der Waals surface area contributed by atoms with Gasteiger partial charge in [0.15, 0.2) is 0 Å². The lowest BCUT2D eigenvalue weighted by atomic mass is 10.2. The first-order valence-corrected chi connectivity index (χ1v) is 5.96. The van der Waals surface area contributed by atoms with E-state index < -0.39 is 0 Å². The van der Waals surface area contributed by atoms with Crippen LogP contribution >= 0.6 is 0 Å². The summed E-state index contributed by atoms with van der Waals surface area (Å²) in [6.45, 7) is 4.11. The number of aromatic nitrogens is 4. The van der Waals surface area contributed by atoms with E-state index >= 15 is 0 Å². The second kappa shape index (κ2) is 5.94. The van der Waals surface area contributed by atoms with Crippen molar-refractivity contribution in [3.05, 3.63) is 36.0 Å². The molecule has 7 heteroatoms. The Morgan fingerprint density at radius 1 is 1.53 bits per heavy atom. The SMILES string of the molecule is CCOc1ncccc1C(=O)N[C@@H](C)c1ncn[nH]1. The first-order chi connectivity index (χ1) is 9.22. The molecule has 0 spiro atoms. The number of nitrogens with zero attached hydrogens (tertiary/aromatic N) is 3. The maximum absolute atomic E-state index is 12.2. The molecular formula is C12H15N5O2. The average Bonchev–Trinajstić information content (AvgIpc) is 2.93. The zero-order chi connectivity index (χ0) is 13.7. The topological polar surface area (TPSA) is 92.8 Å². The molecule has 1 amide bonds. The molecule has 0 aromatic carbocycles. The van der Waals surface area contributed by atoms with E-state index in [0.717, 1.165) is 0 Å². The van der Waals surface area contributed by atoms with E-state index in [2.05, 4.69) is 25.5 Å². The van der Waals surface area contributed by atoms with E-state index in [0.29, 0.717) is 23.9 Å². The van der Waals surface area contributed by atoms with Crippen LogP contribution in [-0.2, 0) is 0 Å². The maximum atomic E-state index is 12.2. The highest BCUT2D eigenvalue weighted by molar-refractivity contribution is 5.96. The van der Waals surface area contributed by atoms with E-state index in [1.165, 1.54) is 6.33 Å². The normalized spacial score (nSPS) is 11.9. The lowest BCUT2D eigenvalue weighted by molar-refractivity contribution is 0.0933. The Morgan fingerprint density at radius 3 is 3.05 bits per heavy atom. The number of amides is 1. The second-order valence-electron chi connectivity index (χ2n) is 3.85. The van der Waals surface area contributed by atoms with Crippen molar-refractivity contribution in [1.82, 2.24) is 25.5 Å². The predicted octanol–water partition coefficient (Wildman–Crippen LogP) is 1.09. The second-order valence-corrected chi connectivity index (χ2v) is 3.85. The molecule has 2 heterocycles. The fraction of sp³-hybridized carbons (Fsp3) is 0.333. The smallest absolute Gasteiger partial charge is 0.257 e. The molecule has 2 rings (SSSR count). The standard InChI is InChI=1S/C12H15N5O2/c1-3-19-12-9(5-4-6-13-12)11(18)16-8(2)10-14-7-15-17-10/h4-8H,3H2,1-2H3,(H,16,18)(H,14,15,17)/t8-/m0/s1. The molecule has 0 fully saturated rings. The minimum Gasteiger partial charge on any atom is -0.477 e. The molecule has 2 aromatic heterocycles. The van der Waals surface area contributed by atoms with E-state index in [-0.39, 0.29) is 11.9 Å². The lowest BCUT2D eigenvalue weighted by Gasteiger charge is -2.12. The summed E-state index contributed by atoms with van der Waals surface area (Å²) in [4.78, 5) is 20.2. The Kier molecular flexibility index (Phi) is 4.07. The van der Waals surface area contributed by atoms with Crippen LogP contribution in [0.25, 0.3) is 0 Å². The van der Waals surface area contributed by atoms with E-state index in [9.17, 15) is 4.79 Å². The fourth-order valence-corrected chi connectivity index (χ4v) is 1.58. The van der Waals surface area contributed by atoms with Crippen LogP contribution < -0.4 is 10.1 Å². The highest BCUT2D eigenvalue weighted by Crippen LogP contribution is 2.15. The molecule has 0 aliphatic rings. The molecule has 0 aliphatic heterocycles. The van der Waals surface area contributed by atoms with Crippen LogP contribution in [0, 0.1) is 0 Å². The Hall–Kier alpha value is -2.44. The number of nitrogens with one attached hydrogen (secondary N) is 2. The zero-order valence-corrected chi connectivity index (χ0v) is 10.8. The molecule has 0 radical (unpaired) electrons. The van der Waals surface area contributed by atoms with Crippen LogP contribution in [-0.4, -0.2) is 32.7 Å². The van der Waals surface area contributed by atoms with Crippen LogP contribution in [0.3, 0.4) is 0 Å². The van der Waals surface area contributed by atoms with Crippen molar-refractivity contribution >= 4 is 5.91 Å². The number of carbonyl (C=O) groups excluding carboxylic acids is 1. The molecule has 0 saturated carbocycles. The first kappa shape index (κ1) is 13.0. The van der Waals surface area contributed by atoms with E-state index in [1.807, 2.05) is 13.8 Å². The van der Waals surface area contributed by atoms with Crippen LogP contribution in [0.1, 0.15) is 36.1 Å². The van der Waals surface area contributed by atoms with Gasteiger partial charge >= 0.3 is 0 Å². The number of rotatable bonds is 5. The van der Waals surface area contributed by atoms with Gasteiger partial charge in [0.2, 0.25) is 5.88 Å². The number of H-pyrrole nitrogens is 1. The van der Waals surface area contributed by atoms with Gasteiger partial charge in [0.05, 0.1) is 12.6 Å². The summed E-state index contributed by atoms with van der Waals surface area (Å²) in [5, 5.41) is 9.26. The molecule has 2 N–H and O–H groups in total. The molecule has 0 unspecified atom stereocenters. The third kappa shape index (κ3) is 3.06. The summed E-state index contributed by atoms with van der Waals surface area (Å²) in [5.74, 6) is 0.655. The van der Waals surface area contributed by atoms with Gasteiger partial charge < -0.3 is 10.1 Å². The molecule has 2 aromatic rings. The van der Waals surface area contributed by atoms with Crippen molar-refractivity contribution in [2.75, 3.05) is 6.61 Å². The third-order valence-electron chi connectivity index (χ3n) is 2.49. The van der Waals surface area contributed by atoms with Crippen molar-refractivity contribution in [2.45, 2.75) is 19.9 Å². The zero-order valence-electron chi connectivity index (χ0n) is 10.8. The molecule has 1 atom stereocenters. The van der Waals surface area contributed by atoms with E-state index in [1.54, 1.807) is 18.3 Å². The number of pyridine rings is 1. The van der Waals surface area contributed by atoms with Crippen molar-refractivity contribution in [3.8, 4) is 5.88 Å². The predicted molar refractivity (Wildman–Crippen MR) is 67.7 cm³/mol. The summed E-state index contributed by atoms with van der Waals surface area (Å²) in [6.07, 6.45) is 2.98. The molecule has 0 aliphatic carbocycles. The molecule has 7 nitrogen and oxygen atoms in total. The van der Waals surface area contributed by atoms with Crippen molar-refractivity contribution in [1.29, 1.82) is 0 Å². The number of ether oxygens (including phenoxy) is 1. The Morgan fingerprint density at radius 2 is 2.37 bits per heavy atom. The number of hydrogen-bond donors (Lipinski definition) is 2. The van der Waals surface area contributed by atoms with Gasteiger partial charge in [0, 0.05) is 6.20 Å². The van der Waals surface area contributed by atoms with Gasteiger partial charge in [0.25, 0.3) is 5.91 Å². The lowest BCUT2D eigenvalue weighted by Crippen LogP contribution is -2.28. The quantitative estimate of drug-likeness (QED) is 0.840. The van der Waals surface area contributed by atoms with Gasteiger partial charge in [-0.05, 0) is 26.0 Å². The van der Waals surface area contributed by atoms with Crippen LogP contribution in [0.5, 0.6) is 5.88 Å². The molecular weight excluding hydrogens is 246 g/mol. The monoisotopic (exact) mass is 261 g/mol.